The minimum atomic E-state index is -0.303. The lowest BCUT2D eigenvalue weighted by atomic mass is 9.72. The molecule has 3 aliphatic rings. The zero-order valence-corrected chi connectivity index (χ0v) is 27.6. The molecule has 2 aliphatic heterocycles. The van der Waals surface area contributed by atoms with Gasteiger partial charge in [-0.25, -0.2) is 0 Å². The quantitative estimate of drug-likeness (QED) is 0.327. The molecular weight excluding hydrogens is 588 g/mol. The molecule has 0 aromatic heterocycles. The van der Waals surface area contributed by atoms with Crippen LogP contribution in [-0.4, -0.2) is 93.1 Å². The van der Waals surface area contributed by atoms with Crippen LogP contribution in [0, 0.1) is 23.2 Å². The highest BCUT2D eigenvalue weighted by Crippen LogP contribution is 2.36. The average molecular weight is 635 g/mol. The smallest absolute Gasteiger partial charge is 0.220 e. The van der Waals surface area contributed by atoms with Gasteiger partial charge in [-0.05, 0) is 76.2 Å². The second-order valence-corrected chi connectivity index (χ2v) is 13.1. The van der Waals surface area contributed by atoms with Crippen molar-refractivity contribution in [3.05, 3.63) is 58.6 Å². The monoisotopic (exact) mass is 634 g/mol. The number of rotatable bonds is 13. The fourth-order valence-electron chi connectivity index (χ4n) is 6.83. The fourth-order valence-corrected chi connectivity index (χ4v) is 7.07. The van der Waals surface area contributed by atoms with Crippen molar-refractivity contribution in [2.24, 2.45) is 16.8 Å². The Hall–Kier alpha value is -3.16. The van der Waals surface area contributed by atoms with Crippen LogP contribution in [-0.2, 0) is 22.5 Å². The highest BCUT2D eigenvalue weighted by Gasteiger charge is 2.44. The number of nitrogens with zero attached hydrogens (tertiary/aromatic N) is 4. The molecule has 10 heteroatoms. The van der Waals surface area contributed by atoms with Crippen molar-refractivity contribution in [2.75, 3.05) is 58.8 Å². The van der Waals surface area contributed by atoms with Gasteiger partial charge in [0.1, 0.15) is 12.4 Å². The van der Waals surface area contributed by atoms with Crippen molar-refractivity contribution in [2.45, 2.75) is 63.8 Å². The Balaban J connectivity index is 1.20. The molecule has 9 nitrogen and oxygen atoms in total. The van der Waals surface area contributed by atoms with Crippen LogP contribution in [0.4, 0.5) is 5.69 Å². The lowest BCUT2D eigenvalue weighted by Crippen LogP contribution is -2.56. The van der Waals surface area contributed by atoms with E-state index in [1.165, 1.54) is 11.1 Å². The first-order valence-electron chi connectivity index (χ1n) is 16.3. The van der Waals surface area contributed by atoms with Gasteiger partial charge in [0, 0.05) is 56.4 Å². The number of benzene rings is 2. The summed E-state index contributed by atoms with van der Waals surface area (Å²) in [5, 5.41) is 17.5. The third-order valence-corrected chi connectivity index (χ3v) is 9.49. The molecule has 1 fully saturated rings. The van der Waals surface area contributed by atoms with Crippen LogP contribution >= 0.6 is 11.6 Å². The first kappa shape index (κ1) is 33.2. The van der Waals surface area contributed by atoms with Crippen LogP contribution in [0.2, 0.25) is 5.02 Å². The average Bonchev–Trinajstić information content (AvgIpc) is 3.02. The molecule has 1 aliphatic carbocycles. The molecule has 5 unspecified atom stereocenters. The first-order valence-corrected chi connectivity index (χ1v) is 16.7. The van der Waals surface area contributed by atoms with Gasteiger partial charge < -0.3 is 25.0 Å². The topological polar surface area (TPSA) is 102 Å². The summed E-state index contributed by atoms with van der Waals surface area (Å²) in [4.78, 5) is 22.2. The zero-order chi connectivity index (χ0) is 31.8. The van der Waals surface area contributed by atoms with E-state index in [9.17, 15) is 10.1 Å². The molecule has 5 rings (SSSR count). The SMILES string of the molecule is CCOC1CC2=NCC(C#N)C(Nc3ccc(OCCN4CCc5ccccc5C4)c(Cl)c3)C2CC1NC(=O)CCCN(C)C. The van der Waals surface area contributed by atoms with Crippen molar-refractivity contribution in [3.8, 4) is 11.8 Å². The van der Waals surface area contributed by atoms with Gasteiger partial charge in [-0.15, -0.1) is 0 Å². The first-order chi connectivity index (χ1) is 21.8. The molecule has 2 heterocycles. The zero-order valence-electron chi connectivity index (χ0n) is 26.8. The molecule has 0 bridgehead atoms. The number of carbonyl (C=O) groups excluding carboxylic acids is 1. The maximum absolute atomic E-state index is 12.9. The van der Waals surface area contributed by atoms with Gasteiger partial charge in [-0.3, -0.25) is 14.7 Å². The number of hydrogen-bond acceptors (Lipinski definition) is 8. The number of hydrogen-bond donors (Lipinski definition) is 2. The Kier molecular flexibility index (Phi) is 11.7. The van der Waals surface area contributed by atoms with Crippen molar-refractivity contribution < 1.29 is 14.3 Å². The third-order valence-electron chi connectivity index (χ3n) is 9.20. The number of ether oxygens (including phenoxy) is 2. The molecule has 5 atom stereocenters. The highest BCUT2D eigenvalue weighted by molar-refractivity contribution is 6.32. The van der Waals surface area contributed by atoms with Crippen LogP contribution in [0.15, 0.2) is 47.5 Å². The molecule has 0 spiro atoms. The molecule has 0 saturated heterocycles. The predicted octanol–water partition coefficient (Wildman–Crippen LogP) is 4.79. The molecule has 242 valence electrons. The van der Waals surface area contributed by atoms with Crippen LogP contribution in [0.25, 0.3) is 0 Å². The second kappa shape index (κ2) is 15.9. The van der Waals surface area contributed by atoms with Gasteiger partial charge in [0.2, 0.25) is 5.91 Å². The number of aliphatic imine (C=N–C) groups is 1. The maximum Gasteiger partial charge on any atom is 0.220 e. The second-order valence-electron chi connectivity index (χ2n) is 12.6. The number of anilines is 1. The van der Waals surface area contributed by atoms with Crippen molar-refractivity contribution in [3.63, 3.8) is 0 Å². The summed E-state index contributed by atoms with van der Waals surface area (Å²) >= 11 is 6.70. The molecule has 0 radical (unpaired) electrons. The highest BCUT2D eigenvalue weighted by atomic mass is 35.5. The van der Waals surface area contributed by atoms with E-state index in [0.717, 1.165) is 50.4 Å². The van der Waals surface area contributed by atoms with E-state index >= 15 is 0 Å². The third kappa shape index (κ3) is 8.76. The largest absolute Gasteiger partial charge is 0.491 e. The van der Waals surface area contributed by atoms with Crippen LogP contribution in [0.3, 0.4) is 0 Å². The standard InChI is InChI=1S/C35H47ClN6O3/c1-4-44-33-20-30-28(19-31(33)40-34(43)10-7-14-41(2)3)35(26(21-37)22-38-30)39-27-11-12-32(29(36)18-27)45-17-16-42-15-13-24-8-5-6-9-25(24)23-42/h5-6,8-9,11-12,18,26,28,31,33,35,39H,4,7,10,13-17,19-20,22-23H2,1-3H3,(H,40,43). The van der Waals surface area contributed by atoms with Crippen molar-refractivity contribution in [1.29, 1.82) is 5.26 Å². The van der Waals surface area contributed by atoms with Crippen molar-refractivity contribution >= 4 is 28.9 Å². The van der Waals surface area contributed by atoms with E-state index in [1.54, 1.807) is 0 Å². The van der Waals surface area contributed by atoms with Gasteiger partial charge in [0.05, 0.1) is 41.7 Å². The van der Waals surface area contributed by atoms with Gasteiger partial charge in [-0.2, -0.15) is 5.26 Å². The molecular formula is C35H47ClN6O3. The normalized spacial score (nSPS) is 24.6. The molecule has 45 heavy (non-hydrogen) atoms. The van der Waals surface area contributed by atoms with Gasteiger partial charge in [0.15, 0.2) is 0 Å². The van der Waals surface area contributed by atoms with Gasteiger partial charge >= 0.3 is 0 Å². The fraction of sp³-hybridized carbons (Fsp3) is 0.571. The van der Waals surface area contributed by atoms with E-state index < -0.39 is 0 Å². The number of fused-ring (bicyclic) bond motifs is 2. The lowest BCUT2D eigenvalue weighted by Gasteiger charge is -2.44. The lowest BCUT2D eigenvalue weighted by molar-refractivity contribution is -0.123. The summed E-state index contributed by atoms with van der Waals surface area (Å²) < 4.78 is 12.2. The summed E-state index contributed by atoms with van der Waals surface area (Å²) in [5.74, 6) is 0.382. The van der Waals surface area contributed by atoms with E-state index in [-0.39, 0.29) is 35.9 Å². The maximum atomic E-state index is 12.9. The van der Waals surface area contributed by atoms with E-state index in [0.29, 0.717) is 49.8 Å². The van der Waals surface area contributed by atoms with Crippen molar-refractivity contribution in [1.82, 2.24) is 15.1 Å². The molecule has 2 aromatic rings. The van der Waals surface area contributed by atoms with E-state index in [2.05, 4.69) is 50.8 Å². The van der Waals surface area contributed by atoms with Gasteiger partial charge in [-0.1, -0.05) is 35.9 Å². The van der Waals surface area contributed by atoms with E-state index in [1.807, 2.05) is 39.2 Å². The number of nitrogens with one attached hydrogen (secondary N) is 2. The summed E-state index contributed by atoms with van der Waals surface area (Å²) in [6.45, 7) is 7.20. The molecule has 2 aromatic carbocycles. The predicted molar refractivity (Wildman–Crippen MR) is 179 cm³/mol. The Morgan fingerprint density at radius 1 is 1.22 bits per heavy atom. The number of carbonyl (C=O) groups is 1. The Bertz CT molecular complexity index is 1380. The summed E-state index contributed by atoms with van der Waals surface area (Å²) in [7, 11) is 4.02. The number of halogens is 1. The Morgan fingerprint density at radius 2 is 2.04 bits per heavy atom. The Labute approximate surface area is 272 Å². The molecule has 1 amide bonds. The minimum absolute atomic E-state index is 0.00319. The number of nitriles is 1. The summed E-state index contributed by atoms with van der Waals surface area (Å²) in [5.41, 5.74) is 4.72. The molecule has 2 N–H and O–H groups in total. The van der Waals surface area contributed by atoms with Crippen LogP contribution in [0.5, 0.6) is 5.75 Å². The van der Waals surface area contributed by atoms with Crippen LogP contribution in [0.1, 0.15) is 43.7 Å². The Morgan fingerprint density at radius 3 is 2.80 bits per heavy atom. The van der Waals surface area contributed by atoms with Crippen LogP contribution < -0.4 is 15.4 Å². The van der Waals surface area contributed by atoms with Gasteiger partial charge in [0.25, 0.3) is 0 Å². The molecule has 1 saturated carbocycles. The number of amides is 1. The summed E-state index contributed by atoms with van der Waals surface area (Å²) in [6, 6.07) is 16.5. The van der Waals surface area contributed by atoms with E-state index in [4.69, 9.17) is 26.1 Å². The summed E-state index contributed by atoms with van der Waals surface area (Å²) in [6.07, 6.45) is 3.51. The minimum Gasteiger partial charge on any atom is -0.491 e.